The predicted octanol–water partition coefficient (Wildman–Crippen LogP) is 2.65. The zero-order chi connectivity index (χ0) is 14.3. The van der Waals surface area contributed by atoms with Gasteiger partial charge in [0.2, 0.25) is 0 Å². The molecule has 3 heteroatoms. The largest absolute Gasteiger partial charge is 0.481 e. The van der Waals surface area contributed by atoms with E-state index >= 15 is 0 Å². The lowest BCUT2D eigenvalue weighted by Crippen LogP contribution is -2.50. The van der Waals surface area contributed by atoms with Crippen molar-refractivity contribution in [2.24, 2.45) is 17.8 Å². The average molecular weight is 274 g/mol. The first-order valence-corrected chi connectivity index (χ1v) is 7.59. The van der Waals surface area contributed by atoms with Crippen molar-refractivity contribution in [1.82, 2.24) is 0 Å². The Hall–Kier alpha value is -1.35. The number of rotatable bonds is 3. The van der Waals surface area contributed by atoms with Crippen molar-refractivity contribution in [3.63, 3.8) is 0 Å². The van der Waals surface area contributed by atoms with Crippen LogP contribution in [0.2, 0.25) is 0 Å². The Morgan fingerprint density at radius 3 is 2.15 bits per heavy atom. The topological polar surface area (TPSA) is 57.5 Å². The summed E-state index contributed by atoms with van der Waals surface area (Å²) in [7, 11) is 0. The summed E-state index contributed by atoms with van der Waals surface area (Å²) in [6.45, 7) is 1.87. The normalized spacial score (nSPS) is 33.3. The molecular formula is C17H22O3. The van der Waals surface area contributed by atoms with E-state index in [9.17, 15) is 15.0 Å². The van der Waals surface area contributed by atoms with Gasteiger partial charge in [0, 0.05) is 0 Å². The number of benzene rings is 1. The summed E-state index contributed by atoms with van der Waals surface area (Å²) in [6, 6.07) is 8.31. The maximum absolute atomic E-state index is 11.6. The van der Waals surface area contributed by atoms with Gasteiger partial charge in [0.05, 0.1) is 11.5 Å². The molecule has 3 atom stereocenters. The van der Waals surface area contributed by atoms with Crippen LogP contribution in [0.1, 0.15) is 37.3 Å². The minimum Gasteiger partial charge on any atom is -0.481 e. The van der Waals surface area contributed by atoms with Crippen LogP contribution in [-0.2, 0) is 17.6 Å². The van der Waals surface area contributed by atoms with E-state index in [1.54, 1.807) is 0 Å². The van der Waals surface area contributed by atoms with Crippen molar-refractivity contribution < 1.29 is 15.0 Å². The molecule has 2 aliphatic carbocycles. The summed E-state index contributed by atoms with van der Waals surface area (Å²) < 4.78 is 0. The molecule has 3 rings (SSSR count). The van der Waals surface area contributed by atoms with Gasteiger partial charge in [0.15, 0.2) is 0 Å². The van der Waals surface area contributed by atoms with Crippen LogP contribution < -0.4 is 0 Å². The fourth-order valence-corrected chi connectivity index (χ4v) is 4.48. The van der Waals surface area contributed by atoms with Gasteiger partial charge in [-0.25, -0.2) is 0 Å². The van der Waals surface area contributed by atoms with Crippen molar-refractivity contribution in [3.05, 3.63) is 35.4 Å². The molecule has 2 bridgehead atoms. The lowest BCUT2D eigenvalue weighted by Gasteiger charge is -2.38. The SMILES string of the molecule is CCC(C(=O)O)C1(O)C2CCC1Cc1ccccc1C2. The average Bonchev–Trinajstić information content (AvgIpc) is 2.62. The van der Waals surface area contributed by atoms with E-state index in [0.29, 0.717) is 6.42 Å². The molecule has 1 aromatic rings. The number of aliphatic carboxylic acids is 1. The maximum atomic E-state index is 11.6. The molecule has 3 unspecified atom stereocenters. The fraction of sp³-hybridized carbons (Fsp3) is 0.588. The second-order valence-corrected chi connectivity index (χ2v) is 6.33. The van der Waals surface area contributed by atoms with E-state index in [1.165, 1.54) is 11.1 Å². The van der Waals surface area contributed by atoms with Crippen LogP contribution in [-0.4, -0.2) is 21.8 Å². The monoisotopic (exact) mass is 274 g/mol. The van der Waals surface area contributed by atoms with Crippen molar-refractivity contribution in [3.8, 4) is 0 Å². The zero-order valence-corrected chi connectivity index (χ0v) is 11.9. The first-order valence-electron chi connectivity index (χ1n) is 7.59. The van der Waals surface area contributed by atoms with Gasteiger partial charge in [0.25, 0.3) is 0 Å². The molecule has 1 saturated carbocycles. The highest BCUT2D eigenvalue weighted by molar-refractivity contribution is 5.72. The van der Waals surface area contributed by atoms with Gasteiger partial charge >= 0.3 is 5.97 Å². The number of carboxylic acids is 1. The third kappa shape index (κ3) is 1.87. The Balaban J connectivity index is 2.02. The second-order valence-electron chi connectivity index (χ2n) is 6.33. The van der Waals surface area contributed by atoms with Crippen molar-refractivity contribution in [2.45, 2.75) is 44.6 Å². The fourth-order valence-electron chi connectivity index (χ4n) is 4.48. The van der Waals surface area contributed by atoms with Gasteiger partial charge in [0.1, 0.15) is 0 Å². The predicted molar refractivity (Wildman–Crippen MR) is 76.4 cm³/mol. The van der Waals surface area contributed by atoms with Crippen LogP contribution in [0, 0.1) is 17.8 Å². The Kier molecular flexibility index (Phi) is 3.33. The highest BCUT2D eigenvalue weighted by Crippen LogP contribution is 2.51. The molecule has 3 nitrogen and oxygen atoms in total. The third-order valence-corrected chi connectivity index (χ3v) is 5.49. The molecule has 1 fully saturated rings. The molecule has 0 saturated heterocycles. The Morgan fingerprint density at radius 1 is 1.25 bits per heavy atom. The third-order valence-electron chi connectivity index (χ3n) is 5.49. The molecule has 0 aliphatic heterocycles. The maximum Gasteiger partial charge on any atom is 0.309 e. The highest BCUT2D eigenvalue weighted by atomic mass is 16.4. The minimum absolute atomic E-state index is 0.0807. The van der Waals surface area contributed by atoms with Crippen LogP contribution in [0.5, 0.6) is 0 Å². The quantitative estimate of drug-likeness (QED) is 0.891. The number of hydrogen-bond acceptors (Lipinski definition) is 2. The van der Waals surface area contributed by atoms with Crippen LogP contribution >= 0.6 is 0 Å². The van der Waals surface area contributed by atoms with Crippen molar-refractivity contribution in [1.29, 1.82) is 0 Å². The molecule has 2 N–H and O–H groups in total. The molecule has 0 heterocycles. The summed E-state index contributed by atoms with van der Waals surface area (Å²) in [4.78, 5) is 11.6. The van der Waals surface area contributed by atoms with Gasteiger partial charge in [-0.2, -0.15) is 0 Å². The van der Waals surface area contributed by atoms with Crippen LogP contribution in [0.4, 0.5) is 0 Å². The molecule has 0 radical (unpaired) electrons. The summed E-state index contributed by atoms with van der Waals surface area (Å²) in [6.07, 6.45) is 4.01. The highest BCUT2D eigenvalue weighted by Gasteiger charge is 2.56. The first kappa shape index (κ1) is 13.6. The van der Waals surface area contributed by atoms with Gasteiger partial charge < -0.3 is 10.2 Å². The minimum atomic E-state index is -1.04. The van der Waals surface area contributed by atoms with Gasteiger partial charge in [-0.15, -0.1) is 0 Å². The van der Waals surface area contributed by atoms with Crippen molar-refractivity contribution in [2.75, 3.05) is 0 Å². The van der Waals surface area contributed by atoms with Gasteiger partial charge in [-0.3, -0.25) is 4.79 Å². The Bertz CT molecular complexity index is 490. The number of carboxylic acid groups (broad SMARTS) is 1. The van der Waals surface area contributed by atoms with E-state index in [-0.39, 0.29) is 11.8 Å². The number of aliphatic hydroxyl groups is 1. The van der Waals surface area contributed by atoms with E-state index < -0.39 is 17.5 Å². The van der Waals surface area contributed by atoms with Gasteiger partial charge in [-0.1, -0.05) is 31.2 Å². The first-order chi connectivity index (χ1) is 9.57. The number of fused-ring (bicyclic) bond motifs is 3. The van der Waals surface area contributed by atoms with E-state index in [2.05, 4.69) is 12.1 Å². The summed E-state index contributed by atoms with van der Waals surface area (Å²) in [5, 5.41) is 20.8. The lowest BCUT2D eigenvalue weighted by atomic mass is 9.72. The smallest absolute Gasteiger partial charge is 0.309 e. The van der Waals surface area contributed by atoms with Crippen LogP contribution in [0.3, 0.4) is 0 Å². The van der Waals surface area contributed by atoms with Crippen molar-refractivity contribution >= 4 is 5.97 Å². The number of carbonyl (C=O) groups is 1. The zero-order valence-electron chi connectivity index (χ0n) is 11.9. The molecule has 0 amide bonds. The van der Waals surface area contributed by atoms with Crippen LogP contribution in [0.25, 0.3) is 0 Å². The standard InChI is InChI=1S/C17H22O3/c1-2-15(16(18)19)17(20)13-7-8-14(17)10-12-6-4-3-5-11(12)9-13/h3-6,13-15,20H,2,7-10H2,1H3,(H,18,19). The van der Waals surface area contributed by atoms with E-state index in [0.717, 1.165) is 25.7 Å². The Morgan fingerprint density at radius 2 is 1.75 bits per heavy atom. The van der Waals surface area contributed by atoms with E-state index in [1.807, 2.05) is 19.1 Å². The molecule has 0 spiro atoms. The summed E-state index contributed by atoms with van der Waals surface area (Å²) >= 11 is 0. The molecule has 0 aromatic heterocycles. The molecule has 2 aliphatic rings. The molecule has 1 aromatic carbocycles. The lowest BCUT2D eigenvalue weighted by molar-refractivity contribution is -0.160. The molecular weight excluding hydrogens is 252 g/mol. The summed E-state index contributed by atoms with van der Waals surface area (Å²) in [5.74, 6) is -1.33. The molecule has 20 heavy (non-hydrogen) atoms. The van der Waals surface area contributed by atoms with Crippen LogP contribution in [0.15, 0.2) is 24.3 Å². The molecule has 108 valence electrons. The van der Waals surface area contributed by atoms with Gasteiger partial charge in [-0.05, 0) is 55.1 Å². The summed E-state index contributed by atoms with van der Waals surface area (Å²) in [5.41, 5.74) is 1.54. The second kappa shape index (κ2) is 4.88. The van der Waals surface area contributed by atoms with E-state index in [4.69, 9.17) is 0 Å². The number of hydrogen-bond donors (Lipinski definition) is 2. The Labute approximate surface area is 119 Å².